The molecule has 2 saturated heterocycles. The molecule has 2 aliphatic heterocycles. The maximum atomic E-state index is 13.6. The SMILES string of the molecule is O=C1N(C2CCC(O)CC2)CCCC12CCCN2Cc1ccncc1Cl. The first-order valence-corrected chi connectivity index (χ1v) is 10.3. The fraction of sp³-hybridized carbons (Fsp3) is 0.700. The van der Waals surface area contributed by atoms with Crippen LogP contribution in [0.1, 0.15) is 56.9 Å². The van der Waals surface area contributed by atoms with E-state index in [9.17, 15) is 9.90 Å². The quantitative estimate of drug-likeness (QED) is 0.879. The van der Waals surface area contributed by atoms with Gasteiger partial charge in [-0.25, -0.2) is 0 Å². The molecule has 3 aliphatic rings. The molecule has 5 nitrogen and oxygen atoms in total. The molecule has 0 aromatic carbocycles. The van der Waals surface area contributed by atoms with Crippen molar-refractivity contribution in [2.75, 3.05) is 13.1 Å². The summed E-state index contributed by atoms with van der Waals surface area (Å²) < 4.78 is 0. The maximum absolute atomic E-state index is 13.6. The van der Waals surface area contributed by atoms with Crippen LogP contribution in [0.3, 0.4) is 0 Å². The summed E-state index contributed by atoms with van der Waals surface area (Å²) in [5.74, 6) is 0.313. The Morgan fingerprint density at radius 3 is 2.65 bits per heavy atom. The van der Waals surface area contributed by atoms with Crippen molar-refractivity contribution in [3.8, 4) is 0 Å². The molecule has 1 saturated carbocycles. The zero-order chi connectivity index (χ0) is 18.1. The fourth-order valence-corrected chi connectivity index (χ4v) is 5.34. The maximum Gasteiger partial charge on any atom is 0.243 e. The van der Waals surface area contributed by atoms with Crippen molar-refractivity contribution in [1.82, 2.24) is 14.8 Å². The van der Waals surface area contributed by atoms with Crippen LogP contribution in [-0.2, 0) is 11.3 Å². The van der Waals surface area contributed by atoms with Gasteiger partial charge >= 0.3 is 0 Å². The smallest absolute Gasteiger partial charge is 0.243 e. The lowest BCUT2D eigenvalue weighted by Gasteiger charge is -2.48. The Labute approximate surface area is 160 Å². The normalized spacial score (nSPS) is 33.2. The van der Waals surface area contributed by atoms with Crippen LogP contribution < -0.4 is 0 Å². The molecule has 1 aliphatic carbocycles. The summed E-state index contributed by atoms with van der Waals surface area (Å²) in [5, 5.41) is 10.5. The van der Waals surface area contributed by atoms with Crippen molar-refractivity contribution in [3.63, 3.8) is 0 Å². The van der Waals surface area contributed by atoms with Gasteiger partial charge in [0.15, 0.2) is 0 Å². The van der Waals surface area contributed by atoms with E-state index >= 15 is 0 Å². The summed E-state index contributed by atoms with van der Waals surface area (Å²) in [6, 6.07) is 2.26. The zero-order valence-corrected chi connectivity index (χ0v) is 16.0. The van der Waals surface area contributed by atoms with E-state index in [-0.39, 0.29) is 11.6 Å². The van der Waals surface area contributed by atoms with Crippen molar-refractivity contribution in [2.24, 2.45) is 0 Å². The predicted molar refractivity (Wildman–Crippen MR) is 101 cm³/mol. The number of aliphatic hydroxyl groups excluding tert-OH is 1. The molecule has 1 unspecified atom stereocenters. The average molecular weight is 378 g/mol. The first kappa shape index (κ1) is 18.2. The summed E-state index contributed by atoms with van der Waals surface area (Å²) >= 11 is 6.32. The molecule has 0 bridgehead atoms. The molecule has 0 radical (unpaired) electrons. The molecule has 4 rings (SSSR count). The Kier molecular flexibility index (Phi) is 5.22. The Hall–Kier alpha value is -1.17. The van der Waals surface area contributed by atoms with E-state index in [1.807, 2.05) is 6.07 Å². The number of aromatic nitrogens is 1. The third-order valence-corrected chi connectivity index (χ3v) is 6.94. The van der Waals surface area contributed by atoms with Crippen LogP contribution in [0.4, 0.5) is 0 Å². The number of piperidine rings is 1. The highest BCUT2D eigenvalue weighted by Gasteiger charge is 2.52. The molecule has 3 fully saturated rings. The van der Waals surface area contributed by atoms with Gasteiger partial charge in [0.1, 0.15) is 5.54 Å². The van der Waals surface area contributed by atoms with Crippen LogP contribution in [0.2, 0.25) is 5.02 Å². The second kappa shape index (κ2) is 7.45. The molecular weight excluding hydrogens is 350 g/mol. The number of carbonyl (C=O) groups excluding carboxylic acids is 1. The highest BCUT2D eigenvalue weighted by molar-refractivity contribution is 6.31. The van der Waals surface area contributed by atoms with E-state index in [0.29, 0.717) is 23.5 Å². The highest BCUT2D eigenvalue weighted by Crippen LogP contribution is 2.41. The number of nitrogens with zero attached hydrogens (tertiary/aromatic N) is 3. The van der Waals surface area contributed by atoms with Gasteiger partial charge in [-0.2, -0.15) is 0 Å². The molecule has 6 heteroatoms. The molecule has 1 amide bonds. The molecule has 1 N–H and O–H groups in total. The number of amides is 1. The van der Waals surface area contributed by atoms with Crippen molar-refractivity contribution < 1.29 is 9.90 Å². The lowest BCUT2D eigenvalue weighted by atomic mass is 9.82. The number of hydrogen-bond acceptors (Lipinski definition) is 4. The third-order valence-electron chi connectivity index (χ3n) is 6.60. The third kappa shape index (κ3) is 3.25. The lowest BCUT2D eigenvalue weighted by molar-refractivity contribution is -0.152. The number of likely N-dealkylation sites (tertiary alicyclic amines) is 2. The van der Waals surface area contributed by atoms with Gasteiger partial charge < -0.3 is 10.0 Å². The Morgan fingerprint density at radius 2 is 1.92 bits per heavy atom. The summed E-state index contributed by atoms with van der Waals surface area (Å²) in [5.41, 5.74) is 0.689. The minimum atomic E-state index is -0.360. The monoisotopic (exact) mass is 377 g/mol. The number of carbonyl (C=O) groups is 1. The largest absolute Gasteiger partial charge is 0.393 e. The van der Waals surface area contributed by atoms with Gasteiger partial charge in [0.25, 0.3) is 0 Å². The molecule has 1 spiro atoms. The molecule has 1 atom stereocenters. The topological polar surface area (TPSA) is 56.7 Å². The Balaban J connectivity index is 1.53. The molecule has 1 aromatic heterocycles. The summed E-state index contributed by atoms with van der Waals surface area (Å²) in [6.07, 6.45) is 10.8. The molecule has 3 heterocycles. The van der Waals surface area contributed by atoms with Crippen molar-refractivity contribution in [1.29, 1.82) is 0 Å². The molecular formula is C20H28ClN3O2. The summed E-state index contributed by atoms with van der Waals surface area (Å²) in [4.78, 5) is 22.2. The Bertz CT molecular complexity index is 662. The van der Waals surface area contributed by atoms with Crippen LogP contribution in [-0.4, -0.2) is 56.6 Å². The van der Waals surface area contributed by atoms with Crippen LogP contribution in [0.25, 0.3) is 0 Å². The van der Waals surface area contributed by atoms with Gasteiger partial charge in [-0.1, -0.05) is 11.6 Å². The minimum absolute atomic E-state index is 0.183. The van der Waals surface area contributed by atoms with Gasteiger partial charge in [0.05, 0.1) is 11.1 Å². The zero-order valence-electron chi connectivity index (χ0n) is 15.2. The van der Waals surface area contributed by atoms with E-state index < -0.39 is 0 Å². The van der Waals surface area contributed by atoms with Gasteiger partial charge in [0, 0.05) is 31.5 Å². The van der Waals surface area contributed by atoms with E-state index in [0.717, 1.165) is 70.0 Å². The first-order chi connectivity index (χ1) is 12.6. The second-order valence-electron chi connectivity index (χ2n) is 8.09. The van der Waals surface area contributed by atoms with Crippen LogP contribution in [0.5, 0.6) is 0 Å². The van der Waals surface area contributed by atoms with Crippen LogP contribution in [0.15, 0.2) is 18.5 Å². The number of rotatable bonds is 3. The fourth-order valence-electron chi connectivity index (χ4n) is 5.16. The van der Waals surface area contributed by atoms with Gasteiger partial charge in [-0.3, -0.25) is 14.7 Å². The van der Waals surface area contributed by atoms with Crippen molar-refractivity contribution in [2.45, 2.75) is 75.6 Å². The first-order valence-electron chi connectivity index (χ1n) is 9.93. The van der Waals surface area contributed by atoms with Crippen molar-refractivity contribution >= 4 is 17.5 Å². The Morgan fingerprint density at radius 1 is 1.19 bits per heavy atom. The van der Waals surface area contributed by atoms with E-state index in [2.05, 4.69) is 14.8 Å². The standard InChI is InChI=1S/C20H28ClN3O2/c21-18-13-22-10-7-15(18)14-23-11-1-8-20(23)9-2-12-24(19(20)26)16-3-5-17(25)6-4-16/h7,10,13,16-17,25H,1-6,8-9,11-12,14H2. The second-order valence-corrected chi connectivity index (χ2v) is 8.50. The predicted octanol–water partition coefficient (Wildman–Crippen LogP) is 3.00. The lowest BCUT2D eigenvalue weighted by Crippen LogP contribution is -2.62. The number of hydrogen-bond donors (Lipinski definition) is 1. The number of halogens is 1. The minimum Gasteiger partial charge on any atom is -0.393 e. The molecule has 142 valence electrons. The summed E-state index contributed by atoms with van der Waals surface area (Å²) in [7, 11) is 0. The van der Waals surface area contributed by atoms with Gasteiger partial charge in [0.2, 0.25) is 5.91 Å². The van der Waals surface area contributed by atoms with Gasteiger partial charge in [-0.15, -0.1) is 0 Å². The highest BCUT2D eigenvalue weighted by atomic mass is 35.5. The van der Waals surface area contributed by atoms with Crippen molar-refractivity contribution in [3.05, 3.63) is 29.0 Å². The van der Waals surface area contributed by atoms with E-state index in [1.54, 1.807) is 12.4 Å². The molecule has 1 aromatic rings. The van der Waals surface area contributed by atoms with Gasteiger partial charge in [-0.05, 0) is 69.5 Å². The average Bonchev–Trinajstić information content (AvgIpc) is 3.04. The van der Waals surface area contributed by atoms with Crippen LogP contribution >= 0.6 is 11.6 Å². The number of aliphatic hydroxyl groups is 1. The van der Waals surface area contributed by atoms with Crippen LogP contribution in [0, 0.1) is 0 Å². The summed E-state index contributed by atoms with van der Waals surface area (Å²) in [6.45, 7) is 2.52. The van der Waals surface area contributed by atoms with E-state index in [4.69, 9.17) is 11.6 Å². The molecule has 26 heavy (non-hydrogen) atoms. The number of pyridine rings is 1. The van der Waals surface area contributed by atoms with E-state index in [1.165, 1.54) is 0 Å².